The minimum atomic E-state index is -4.01. The van der Waals surface area contributed by atoms with Crippen LogP contribution in [0.15, 0.2) is 29.7 Å². The molecule has 12 nitrogen and oxygen atoms in total. The standard InChI is InChI=1S/C18H19N3O9S/c1-31(28,29)30-12-5-9-7-20(15-13(9)21(16(15)24)14(12)17(25)26)18(27)19-6-8-2-3-10(22)11(23)4-8/h2-4,9,13,15,22-23H,5-7H2,1H3,(H,19,27)(H,25,26)/t9-,13-,15+/m1/s1. The van der Waals surface area contributed by atoms with Crippen LogP contribution in [-0.2, 0) is 30.4 Å². The molecule has 3 heterocycles. The quantitative estimate of drug-likeness (QED) is 0.260. The van der Waals surface area contributed by atoms with Gasteiger partial charge in [0.15, 0.2) is 23.0 Å². The molecule has 3 aliphatic heterocycles. The van der Waals surface area contributed by atoms with Crippen molar-refractivity contribution < 1.29 is 42.3 Å². The van der Waals surface area contributed by atoms with Crippen molar-refractivity contribution in [2.24, 2.45) is 5.92 Å². The molecule has 3 amide bonds. The van der Waals surface area contributed by atoms with E-state index in [-0.39, 0.29) is 42.7 Å². The van der Waals surface area contributed by atoms with Crippen LogP contribution in [0.2, 0.25) is 0 Å². The number of carboxylic acids is 1. The molecule has 13 heteroatoms. The Hall–Kier alpha value is -3.48. The first kappa shape index (κ1) is 20.8. The van der Waals surface area contributed by atoms with Gasteiger partial charge in [0.05, 0.1) is 12.3 Å². The number of phenolic OH excluding ortho intramolecular Hbond substituents is 2. The number of nitrogens with one attached hydrogen (secondary N) is 1. The number of allylic oxidation sites excluding steroid dienone is 1. The molecular formula is C18H19N3O9S. The van der Waals surface area contributed by atoms with E-state index in [9.17, 15) is 38.1 Å². The largest absolute Gasteiger partial charge is 0.504 e. The number of rotatable bonds is 5. The molecule has 2 fully saturated rings. The van der Waals surface area contributed by atoms with Gasteiger partial charge in [-0.1, -0.05) is 6.07 Å². The molecule has 0 saturated carbocycles. The fourth-order valence-electron chi connectivity index (χ4n) is 4.31. The zero-order valence-electron chi connectivity index (χ0n) is 16.2. The van der Waals surface area contributed by atoms with E-state index >= 15 is 0 Å². The summed E-state index contributed by atoms with van der Waals surface area (Å²) in [5.41, 5.74) is -0.00440. The van der Waals surface area contributed by atoms with E-state index in [4.69, 9.17) is 4.18 Å². The van der Waals surface area contributed by atoms with E-state index in [1.54, 1.807) is 0 Å². The molecule has 0 bridgehead atoms. The first-order valence-corrected chi connectivity index (χ1v) is 11.0. The van der Waals surface area contributed by atoms with E-state index < -0.39 is 45.8 Å². The minimum Gasteiger partial charge on any atom is -0.504 e. The maximum Gasteiger partial charge on any atom is 0.356 e. The van der Waals surface area contributed by atoms with Crippen molar-refractivity contribution in [3.63, 3.8) is 0 Å². The second-order valence-electron chi connectivity index (χ2n) is 7.61. The highest BCUT2D eigenvalue weighted by molar-refractivity contribution is 7.86. The van der Waals surface area contributed by atoms with Gasteiger partial charge in [-0.25, -0.2) is 9.59 Å². The summed E-state index contributed by atoms with van der Waals surface area (Å²) in [6.45, 7) is 0.123. The molecule has 4 N–H and O–H groups in total. The lowest BCUT2D eigenvalue weighted by atomic mass is 9.82. The Morgan fingerprint density at radius 2 is 1.97 bits per heavy atom. The van der Waals surface area contributed by atoms with Gasteiger partial charge in [-0.3, -0.25) is 9.69 Å². The molecule has 31 heavy (non-hydrogen) atoms. The fraction of sp³-hybridized carbons (Fsp3) is 0.389. The lowest BCUT2D eigenvalue weighted by molar-refractivity contribution is -0.156. The summed E-state index contributed by atoms with van der Waals surface area (Å²) in [7, 11) is -4.01. The number of hydrogen-bond acceptors (Lipinski definition) is 8. The lowest BCUT2D eigenvalue weighted by Gasteiger charge is -2.49. The van der Waals surface area contributed by atoms with E-state index in [0.29, 0.717) is 5.56 Å². The molecule has 0 aromatic heterocycles. The first-order valence-electron chi connectivity index (χ1n) is 9.22. The van der Waals surface area contributed by atoms with Crippen LogP contribution in [0.25, 0.3) is 0 Å². The van der Waals surface area contributed by atoms with Crippen molar-refractivity contribution in [1.29, 1.82) is 0 Å². The molecule has 1 aromatic carbocycles. The number of carbonyl (C=O) groups excluding carboxylic acids is 2. The Morgan fingerprint density at radius 3 is 2.58 bits per heavy atom. The number of carbonyl (C=O) groups is 3. The van der Waals surface area contributed by atoms with Gasteiger partial charge in [-0.15, -0.1) is 0 Å². The van der Waals surface area contributed by atoms with Crippen molar-refractivity contribution in [3.05, 3.63) is 35.2 Å². The maximum absolute atomic E-state index is 12.7. The van der Waals surface area contributed by atoms with Crippen LogP contribution in [0, 0.1) is 5.92 Å². The number of nitrogens with zero attached hydrogens (tertiary/aromatic N) is 2. The Morgan fingerprint density at radius 1 is 1.26 bits per heavy atom. The summed E-state index contributed by atoms with van der Waals surface area (Å²) in [6.07, 6.45) is 0.733. The number of hydrogen-bond donors (Lipinski definition) is 4. The average Bonchev–Trinajstić information content (AvgIpc) is 3.02. The van der Waals surface area contributed by atoms with Gasteiger partial charge in [0, 0.05) is 25.4 Å². The molecule has 0 aliphatic carbocycles. The summed E-state index contributed by atoms with van der Waals surface area (Å²) in [6, 6.07) is 2.07. The van der Waals surface area contributed by atoms with E-state index in [2.05, 4.69) is 5.32 Å². The molecule has 0 radical (unpaired) electrons. The van der Waals surface area contributed by atoms with E-state index in [1.165, 1.54) is 23.1 Å². The summed E-state index contributed by atoms with van der Waals surface area (Å²) in [4.78, 5) is 39.4. The molecule has 0 spiro atoms. The van der Waals surface area contributed by atoms with E-state index in [1.807, 2.05) is 0 Å². The van der Waals surface area contributed by atoms with Crippen LogP contribution in [-0.4, -0.2) is 76.3 Å². The van der Waals surface area contributed by atoms with Crippen LogP contribution in [0.4, 0.5) is 4.79 Å². The van der Waals surface area contributed by atoms with Crippen molar-refractivity contribution >= 4 is 28.0 Å². The number of carboxylic acid groups (broad SMARTS) is 1. The first-order chi connectivity index (χ1) is 14.5. The van der Waals surface area contributed by atoms with E-state index in [0.717, 1.165) is 11.2 Å². The van der Waals surface area contributed by atoms with Crippen LogP contribution >= 0.6 is 0 Å². The fourth-order valence-corrected chi connectivity index (χ4v) is 4.83. The summed E-state index contributed by atoms with van der Waals surface area (Å²) >= 11 is 0. The Bertz CT molecular complexity index is 1130. The predicted molar refractivity (Wildman–Crippen MR) is 102 cm³/mol. The van der Waals surface area contributed by atoms with Crippen LogP contribution in [0.1, 0.15) is 12.0 Å². The van der Waals surface area contributed by atoms with Crippen molar-refractivity contribution in [3.8, 4) is 11.5 Å². The van der Waals surface area contributed by atoms with Crippen LogP contribution in [0.5, 0.6) is 11.5 Å². The number of β-lactam (4-membered cyclic amide) rings is 1. The highest BCUT2D eigenvalue weighted by atomic mass is 32.2. The molecular weight excluding hydrogens is 434 g/mol. The number of benzene rings is 1. The zero-order chi connectivity index (χ0) is 22.7. The van der Waals surface area contributed by atoms with Gasteiger partial charge in [0.1, 0.15) is 6.04 Å². The van der Waals surface area contributed by atoms with Crippen LogP contribution < -0.4 is 5.32 Å². The molecule has 2 saturated heterocycles. The minimum absolute atomic E-state index is 0.0181. The third-order valence-corrected chi connectivity index (χ3v) is 6.02. The van der Waals surface area contributed by atoms with Gasteiger partial charge >= 0.3 is 22.1 Å². The van der Waals surface area contributed by atoms with Gasteiger partial charge in [-0.05, 0) is 17.7 Å². The number of aliphatic carboxylic acids is 1. The van der Waals surface area contributed by atoms with Gasteiger partial charge in [-0.2, -0.15) is 8.42 Å². The van der Waals surface area contributed by atoms with Crippen LogP contribution in [0.3, 0.4) is 0 Å². The Balaban J connectivity index is 1.51. The predicted octanol–water partition coefficient (Wildman–Crippen LogP) is -0.505. The molecule has 1 aromatic rings. The number of amides is 3. The maximum atomic E-state index is 12.7. The second kappa shape index (κ2) is 7.04. The molecule has 4 rings (SSSR count). The number of urea groups is 1. The molecule has 0 unspecified atom stereocenters. The van der Waals surface area contributed by atoms with Crippen molar-refractivity contribution in [2.75, 3.05) is 12.8 Å². The summed E-state index contributed by atoms with van der Waals surface area (Å²) < 4.78 is 27.9. The Labute approximate surface area is 176 Å². The SMILES string of the molecule is CS(=O)(=O)OC1=C(C(=O)O)N2C(=O)[C@@H]3[C@H]2[C@H](C1)CN3C(=O)NCc1ccc(O)c(O)c1. The van der Waals surface area contributed by atoms with Crippen molar-refractivity contribution in [2.45, 2.75) is 25.0 Å². The van der Waals surface area contributed by atoms with Gasteiger partial charge < -0.3 is 29.7 Å². The monoisotopic (exact) mass is 453 g/mol. The number of aromatic hydroxyl groups is 2. The third-order valence-electron chi connectivity index (χ3n) is 5.51. The topological polar surface area (TPSA) is 174 Å². The highest BCUT2D eigenvalue weighted by Crippen LogP contribution is 2.47. The summed E-state index contributed by atoms with van der Waals surface area (Å²) in [5, 5.41) is 31.0. The molecule has 3 atom stereocenters. The highest BCUT2D eigenvalue weighted by Gasteiger charge is 2.64. The smallest absolute Gasteiger partial charge is 0.356 e. The third kappa shape index (κ3) is 3.50. The summed E-state index contributed by atoms with van der Waals surface area (Å²) in [5.74, 6) is -3.46. The molecule has 166 valence electrons. The second-order valence-corrected chi connectivity index (χ2v) is 9.18. The van der Waals surface area contributed by atoms with Gasteiger partial charge in [0.2, 0.25) is 0 Å². The number of likely N-dealkylation sites (tertiary alicyclic amines) is 1. The Kier molecular flexibility index (Phi) is 4.72. The zero-order valence-corrected chi connectivity index (χ0v) is 17.0. The van der Waals surface area contributed by atoms with Gasteiger partial charge in [0.25, 0.3) is 5.91 Å². The number of phenols is 2. The lowest BCUT2D eigenvalue weighted by Crippen LogP contribution is -2.69. The molecule has 3 aliphatic rings. The average molecular weight is 453 g/mol. The normalized spacial score (nSPS) is 24.5. The van der Waals surface area contributed by atoms with Crippen molar-refractivity contribution in [1.82, 2.24) is 15.1 Å².